The van der Waals surface area contributed by atoms with Gasteiger partial charge in [-0.2, -0.15) is 0 Å². The minimum absolute atomic E-state index is 0.578. The van der Waals surface area contributed by atoms with Crippen LogP contribution in [0.15, 0.2) is 30.3 Å². The van der Waals surface area contributed by atoms with Crippen LogP contribution in [-0.4, -0.2) is 41.7 Å². The molecule has 2 aliphatic rings. The molecule has 3 rings (SSSR count). The van der Waals surface area contributed by atoms with E-state index in [0.717, 1.165) is 31.2 Å². The number of aliphatic hydroxyl groups is 1. The highest BCUT2D eigenvalue weighted by Crippen LogP contribution is 2.26. The molecule has 1 aliphatic heterocycles. The van der Waals surface area contributed by atoms with E-state index in [1.807, 2.05) is 37.3 Å². The van der Waals surface area contributed by atoms with E-state index >= 15 is 0 Å². The zero-order valence-corrected chi connectivity index (χ0v) is 13.1. The van der Waals surface area contributed by atoms with Crippen molar-refractivity contribution >= 4 is 0 Å². The molecule has 2 N–H and O–H groups in total. The van der Waals surface area contributed by atoms with Crippen LogP contribution in [0.25, 0.3) is 0 Å². The molecule has 2 fully saturated rings. The Balaban J connectivity index is 1.62. The Bertz CT molecular complexity index is 442. The van der Waals surface area contributed by atoms with Crippen LogP contribution in [0.4, 0.5) is 0 Å². The number of β-amino-alcohol motifs (C(OH)–C–C–N with tert-alkyl or cyclic N) is 1. The summed E-state index contributed by atoms with van der Waals surface area (Å²) >= 11 is 0. The summed E-state index contributed by atoms with van der Waals surface area (Å²) < 4.78 is 0. The van der Waals surface area contributed by atoms with Crippen molar-refractivity contribution in [3.8, 4) is 0 Å². The molecule has 1 saturated heterocycles. The molecule has 1 aromatic rings. The van der Waals surface area contributed by atoms with Gasteiger partial charge < -0.3 is 10.4 Å². The molecule has 3 heteroatoms. The predicted molar refractivity (Wildman–Crippen MR) is 86.2 cm³/mol. The number of rotatable bonds is 6. The first-order valence-electron chi connectivity index (χ1n) is 8.40. The summed E-state index contributed by atoms with van der Waals surface area (Å²) in [6, 6.07) is 11.4. The van der Waals surface area contributed by atoms with Gasteiger partial charge in [-0.25, -0.2) is 0 Å². The smallest absolute Gasteiger partial charge is 0.0994 e. The number of nitrogens with zero attached hydrogens (tertiary/aromatic N) is 1. The lowest BCUT2D eigenvalue weighted by atomic mass is 9.92. The molecule has 1 aromatic carbocycles. The second-order valence-corrected chi connectivity index (χ2v) is 6.94. The van der Waals surface area contributed by atoms with E-state index in [2.05, 4.69) is 10.2 Å². The Morgan fingerprint density at radius 1 is 1.19 bits per heavy atom. The second-order valence-electron chi connectivity index (χ2n) is 6.94. The van der Waals surface area contributed by atoms with E-state index in [4.69, 9.17) is 0 Å². The molecular weight excluding hydrogens is 260 g/mol. The lowest BCUT2D eigenvalue weighted by Crippen LogP contribution is -2.50. The summed E-state index contributed by atoms with van der Waals surface area (Å²) in [5.74, 6) is 0. The topological polar surface area (TPSA) is 35.5 Å². The quantitative estimate of drug-likeness (QED) is 0.844. The van der Waals surface area contributed by atoms with Crippen molar-refractivity contribution in [1.82, 2.24) is 10.2 Å². The number of benzene rings is 1. The first kappa shape index (κ1) is 15.0. The molecule has 1 aliphatic carbocycles. The van der Waals surface area contributed by atoms with Crippen LogP contribution in [0, 0.1) is 0 Å². The number of likely N-dealkylation sites (tertiary alicyclic amines) is 1. The Morgan fingerprint density at radius 3 is 2.67 bits per heavy atom. The SMILES string of the molecule is CC(O)(CN1CCCCC1CNC1CC1)c1ccccc1. The molecule has 0 bridgehead atoms. The molecule has 116 valence electrons. The molecule has 21 heavy (non-hydrogen) atoms. The van der Waals surface area contributed by atoms with Crippen molar-refractivity contribution < 1.29 is 5.11 Å². The fourth-order valence-electron chi connectivity index (χ4n) is 3.37. The average molecular weight is 288 g/mol. The van der Waals surface area contributed by atoms with Crippen molar-refractivity contribution in [3.05, 3.63) is 35.9 Å². The highest BCUT2D eigenvalue weighted by atomic mass is 16.3. The first-order chi connectivity index (χ1) is 10.1. The minimum Gasteiger partial charge on any atom is -0.384 e. The Hall–Kier alpha value is -0.900. The molecule has 0 amide bonds. The Labute approximate surface area is 128 Å². The summed E-state index contributed by atoms with van der Waals surface area (Å²) in [6.45, 7) is 4.87. The van der Waals surface area contributed by atoms with Gasteiger partial charge in [-0.05, 0) is 44.7 Å². The second kappa shape index (κ2) is 6.47. The van der Waals surface area contributed by atoms with Crippen LogP contribution < -0.4 is 5.32 Å². The molecule has 1 heterocycles. The van der Waals surface area contributed by atoms with Crippen molar-refractivity contribution in [2.24, 2.45) is 0 Å². The average Bonchev–Trinajstić information content (AvgIpc) is 3.31. The zero-order chi connectivity index (χ0) is 14.7. The third-order valence-corrected chi connectivity index (χ3v) is 4.88. The summed E-state index contributed by atoms with van der Waals surface area (Å²) in [7, 11) is 0. The van der Waals surface area contributed by atoms with Gasteiger partial charge in [-0.3, -0.25) is 4.90 Å². The first-order valence-corrected chi connectivity index (χ1v) is 8.40. The van der Waals surface area contributed by atoms with Crippen LogP contribution in [0.1, 0.15) is 44.6 Å². The molecule has 3 nitrogen and oxygen atoms in total. The van der Waals surface area contributed by atoms with Crippen molar-refractivity contribution in [2.75, 3.05) is 19.6 Å². The number of hydrogen-bond donors (Lipinski definition) is 2. The summed E-state index contributed by atoms with van der Waals surface area (Å²) in [5.41, 5.74) is 0.251. The van der Waals surface area contributed by atoms with Gasteiger partial charge in [-0.15, -0.1) is 0 Å². The maximum Gasteiger partial charge on any atom is 0.0994 e. The van der Waals surface area contributed by atoms with Crippen LogP contribution in [0.2, 0.25) is 0 Å². The van der Waals surface area contributed by atoms with E-state index in [1.54, 1.807) is 0 Å². The lowest BCUT2D eigenvalue weighted by molar-refractivity contribution is -0.00719. The van der Waals surface area contributed by atoms with Gasteiger partial charge >= 0.3 is 0 Å². The minimum atomic E-state index is -0.767. The van der Waals surface area contributed by atoms with Gasteiger partial charge in [0.15, 0.2) is 0 Å². The maximum absolute atomic E-state index is 10.9. The fraction of sp³-hybridized carbons (Fsp3) is 0.667. The molecule has 0 aromatic heterocycles. The third-order valence-electron chi connectivity index (χ3n) is 4.88. The lowest BCUT2D eigenvalue weighted by Gasteiger charge is -2.40. The van der Waals surface area contributed by atoms with E-state index in [1.165, 1.54) is 32.1 Å². The van der Waals surface area contributed by atoms with E-state index in [0.29, 0.717) is 6.04 Å². The van der Waals surface area contributed by atoms with E-state index < -0.39 is 5.60 Å². The van der Waals surface area contributed by atoms with Crippen LogP contribution in [0.3, 0.4) is 0 Å². The number of piperidine rings is 1. The highest BCUT2D eigenvalue weighted by molar-refractivity contribution is 5.22. The van der Waals surface area contributed by atoms with Gasteiger partial charge in [0.05, 0.1) is 5.60 Å². The predicted octanol–water partition coefficient (Wildman–Crippen LogP) is 2.50. The van der Waals surface area contributed by atoms with Gasteiger partial charge in [-0.1, -0.05) is 36.8 Å². The van der Waals surface area contributed by atoms with Gasteiger partial charge in [0.25, 0.3) is 0 Å². The van der Waals surface area contributed by atoms with Crippen LogP contribution in [-0.2, 0) is 5.60 Å². The molecule has 2 unspecified atom stereocenters. The highest BCUT2D eigenvalue weighted by Gasteiger charge is 2.32. The molecule has 1 saturated carbocycles. The molecule has 2 atom stereocenters. The number of hydrogen-bond acceptors (Lipinski definition) is 3. The molecule has 0 spiro atoms. The van der Waals surface area contributed by atoms with Crippen LogP contribution >= 0.6 is 0 Å². The normalized spacial score (nSPS) is 26.5. The Morgan fingerprint density at radius 2 is 1.95 bits per heavy atom. The van der Waals surface area contributed by atoms with Crippen LogP contribution in [0.5, 0.6) is 0 Å². The number of nitrogens with one attached hydrogen (secondary N) is 1. The van der Waals surface area contributed by atoms with Crippen molar-refractivity contribution in [2.45, 2.75) is 56.7 Å². The van der Waals surface area contributed by atoms with Crippen molar-refractivity contribution in [3.63, 3.8) is 0 Å². The Kier molecular flexibility index (Phi) is 4.63. The molecular formula is C18H28N2O. The van der Waals surface area contributed by atoms with Gasteiger partial charge in [0.1, 0.15) is 0 Å². The van der Waals surface area contributed by atoms with E-state index in [9.17, 15) is 5.11 Å². The summed E-state index contributed by atoms with van der Waals surface area (Å²) in [5, 5.41) is 14.5. The fourth-order valence-corrected chi connectivity index (χ4v) is 3.37. The zero-order valence-electron chi connectivity index (χ0n) is 13.1. The maximum atomic E-state index is 10.9. The van der Waals surface area contributed by atoms with Gasteiger partial charge in [0.2, 0.25) is 0 Å². The van der Waals surface area contributed by atoms with Gasteiger partial charge in [0, 0.05) is 25.2 Å². The largest absolute Gasteiger partial charge is 0.384 e. The van der Waals surface area contributed by atoms with Crippen molar-refractivity contribution in [1.29, 1.82) is 0 Å². The monoisotopic (exact) mass is 288 g/mol. The third kappa shape index (κ3) is 4.06. The standard InChI is InChI=1S/C18H28N2O/c1-18(21,15-7-3-2-4-8-15)14-20-12-6-5-9-17(20)13-19-16-10-11-16/h2-4,7-8,16-17,19,21H,5-6,9-14H2,1H3. The van der Waals surface area contributed by atoms with E-state index in [-0.39, 0.29) is 0 Å². The summed E-state index contributed by atoms with van der Waals surface area (Å²) in [4.78, 5) is 2.49. The molecule has 0 radical (unpaired) electrons. The summed E-state index contributed by atoms with van der Waals surface area (Å²) in [6.07, 6.45) is 6.51.